The van der Waals surface area contributed by atoms with Gasteiger partial charge in [0, 0.05) is 29.0 Å². The maximum absolute atomic E-state index is 6.16. The van der Waals surface area contributed by atoms with E-state index in [1.165, 1.54) is 0 Å². The van der Waals surface area contributed by atoms with Crippen molar-refractivity contribution in [2.24, 2.45) is 0 Å². The molecule has 0 fully saturated rings. The monoisotopic (exact) mass is 333 g/mol. The lowest BCUT2D eigenvalue weighted by Crippen LogP contribution is -2.17. The highest BCUT2D eigenvalue weighted by Crippen LogP contribution is 2.25. The van der Waals surface area contributed by atoms with Crippen molar-refractivity contribution in [2.45, 2.75) is 20.3 Å². The summed E-state index contributed by atoms with van der Waals surface area (Å²) >= 11 is 6.16. The molecule has 2 aromatic rings. The molecule has 124 valence electrons. The van der Waals surface area contributed by atoms with Crippen molar-refractivity contribution in [2.75, 3.05) is 37.8 Å². The van der Waals surface area contributed by atoms with Gasteiger partial charge in [0.2, 0.25) is 5.95 Å². The molecule has 0 radical (unpaired) electrons. The molecule has 0 unspecified atom stereocenters. The lowest BCUT2D eigenvalue weighted by molar-refractivity contribution is 0.405. The van der Waals surface area contributed by atoms with Crippen LogP contribution in [0.25, 0.3) is 0 Å². The number of hydrogen-bond acceptors (Lipinski definition) is 5. The molecule has 0 saturated heterocycles. The molecule has 0 saturated carbocycles. The number of benzene rings is 1. The van der Waals surface area contributed by atoms with Gasteiger partial charge in [-0.1, -0.05) is 17.7 Å². The fourth-order valence-corrected chi connectivity index (χ4v) is 2.36. The predicted octanol–water partition coefficient (Wildman–Crippen LogP) is 3.85. The van der Waals surface area contributed by atoms with E-state index in [-0.39, 0.29) is 0 Å². The van der Waals surface area contributed by atoms with E-state index in [2.05, 4.69) is 39.6 Å². The molecule has 2 N–H and O–H groups in total. The average Bonchev–Trinajstić information content (AvgIpc) is 2.48. The van der Waals surface area contributed by atoms with Crippen LogP contribution in [0, 0.1) is 13.8 Å². The van der Waals surface area contributed by atoms with Crippen molar-refractivity contribution in [1.29, 1.82) is 0 Å². The summed E-state index contributed by atoms with van der Waals surface area (Å²) in [6, 6.07) is 7.70. The average molecular weight is 334 g/mol. The van der Waals surface area contributed by atoms with Crippen LogP contribution in [0.1, 0.15) is 17.7 Å². The van der Waals surface area contributed by atoms with Crippen LogP contribution in [0.2, 0.25) is 5.02 Å². The molecule has 0 atom stereocenters. The normalized spacial score (nSPS) is 10.9. The Kier molecular flexibility index (Phi) is 6.19. The van der Waals surface area contributed by atoms with E-state index >= 15 is 0 Å². The van der Waals surface area contributed by atoms with Crippen molar-refractivity contribution in [3.8, 4) is 0 Å². The summed E-state index contributed by atoms with van der Waals surface area (Å²) in [5, 5.41) is 7.32. The maximum atomic E-state index is 6.16. The lowest BCUT2D eigenvalue weighted by atomic mass is 10.2. The van der Waals surface area contributed by atoms with Gasteiger partial charge in [0.25, 0.3) is 0 Å². The van der Waals surface area contributed by atoms with Gasteiger partial charge in [-0.15, -0.1) is 0 Å². The molecule has 1 aromatic heterocycles. The zero-order valence-corrected chi connectivity index (χ0v) is 14.9. The molecule has 0 bridgehead atoms. The third kappa shape index (κ3) is 5.37. The molecule has 0 aliphatic heterocycles. The minimum Gasteiger partial charge on any atom is -0.370 e. The second-order valence-corrected chi connectivity index (χ2v) is 6.25. The van der Waals surface area contributed by atoms with E-state index in [9.17, 15) is 0 Å². The Morgan fingerprint density at radius 3 is 2.70 bits per heavy atom. The number of anilines is 3. The molecule has 0 aliphatic carbocycles. The minimum atomic E-state index is 0.575. The number of aryl methyl sites for hydroxylation is 1. The standard InChI is InChI=1S/C17H24ClN5/c1-12-11-16(19-9-6-10-23(3)4)22-17(20-12)21-15-8-5-7-14(18)13(15)2/h5,7-8,11H,6,9-10H2,1-4H3,(H2,19,20,21,22). The smallest absolute Gasteiger partial charge is 0.229 e. The first-order chi connectivity index (χ1) is 11.0. The summed E-state index contributed by atoms with van der Waals surface area (Å²) in [6.07, 6.45) is 1.06. The maximum Gasteiger partial charge on any atom is 0.229 e. The van der Waals surface area contributed by atoms with Crippen molar-refractivity contribution < 1.29 is 0 Å². The van der Waals surface area contributed by atoms with Crippen molar-refractivity contribution in [3.63, 3.8) is 0 Å². The fourth-order valence-electron chi connectivity index (χ4n) is 2.19. The first kappa shape index (κ1) is 17.5. The van der Waals surface area contributed by atoms with Gasteiger partial charge < -0.3 is 15.5 Å². The Labute approximate surface area is 143 Å². The van der Waals surface area contributed by atoms with Gasteiger partial charge in [0.1, 0.15) is 5.82 Å². The number of aromatic nitrogens is 2. The van der Waals surface area contributed by atoms with E-state index in [4.69, 9.17) is 11.6 Å². The van der Waals surface area contributed by atoms with E-state index in [0.717, 1.165) is 47.3 Å². The van der Waals surface area contributed by atoms with Gasteiger partial charge in [-0.3, -0.25) is 0 Å². The zero-order valence-electron chi connectivity index (χ0n) is 14.2. The fraction of sp³-hybridized carbons (Fsp3) is 0.412. The molecule has 1 aromatic carbocycles. The SMILES string of the molecule is Cc1cc(NCCCN(C)C)nc(Nc2cccc(Cl)c2C)n1. The van der Waals surface area contributed by atoms with Crippen LogP contribution < -0.4 is 10.6 Å². The Balaban J connectivity index is 2.06. The molecular formula is C17H24ClN5. The third-order valence-corrected chi connectivity index (χ3v) is 3.87. The van der Waals surface area contributed by atoms with Gasteiger partial charge in [-0.25, -0.2) is 4.98 Å². The molecule has 0 spiro atoms. The van der Waals surface area contributed by atoms with Crippen LogP contribution in [0.15, 0.2) is 24.3 Å². The zero-order chi connectivity index (χ0) is 16.8. The highest BCUT2D eigenvalue weighted by Gasteiger charge is 2.06. The lowest BCUT2D eigenvalue weighted by Gasteiger charge is -2.13. The van der Waals surface area contributed by atoms with Crippen LogP contribution in [0.3, 0.4) is 0 Å². The Bertz CT molecular complexity index is 657. The van der Waals surface area contributed by atoms with Crippen molar-refractivity contribution in [3.05, 3.63) is 40.5 Å². The summed E-state index contributed by atoms with van der Waals surface area (Å²) < 4.78 is 0. The highest BCUT2D eigenvalue weighted by atomic mass is 35.5. The van der Waals surface area contributed by atoms with Crippen LogP contribution in [0.5, 0.6) is 0 Å². The topological polar surface area (TPSA) is 53.1 Å². The van der Waals surface area contributed by atoms with Crippen molar-refractivity contribution >= 4 is 29.1 Å². The summed E-state index contributed by atoms with van der Waals surface area (Å²) in [4.78, 5) is 11.1. The van der Waals surface area contributed by atoms with E-state index < -0.39 is 0 Å². The molecule has 6 heteroatoms. The molecule has 2 rings (SSSR count). The van der Waals surface area contributed by atoms with Crippen LogP contribution >= 0.6 is 11.6 Å². The molecule has 5 nitrogen and oxygen atoms in total. The van der Waals surface area contributed by atoms with Gasteiger partial charge in [0.05, 0.1) is 0 Å². The predicted molar refractivity (Wildman–Crippen MR) is 97.9 cm³/mol. The number of halogens is 1. The second kappa shape index (κ2) is 8.13. The van der Waals surface area contributed by atoms with Crippen molar-refractivity contribution in [1.82, 2.24) is 14.9 Å². The van der Waals surface area contributed by atoms with Gasteiger partial charge in [-0.2, -0.15) is 4.98 Å². The third-order valence-electron chi connectivity index (χ3n) is 3.46. The van der Waals surface area contributed by atoms with Gasteiger partial charge in [0.15, 0.2) is 0 Å². The second-order valence-electron chi connectivity index (χ2n) is 5.84. The number of nitrogens with one attached hydrogen (secondary N) is 2. The molecule has 0 amide bonds. The van der Waals surface area contributed by atoms with Gasteiger partial charge >= 0.3 is 0 Å². The minimum absolute atomic E-state index is 0.575. The summed E-state index contributed by atoms with van der Waals surface area (Å²) in [5.41, 5.74) is 2.82. The quantitative estimate of drug-likeness (QED) is 0.754. The Hall–Kier alpha value is -1.85. The van der Waals surface area contributed by atoms with E-state index in [1.807, 2.05) is 38.1 Å². The summed E-state index contributed by atoms with van der Waals surface area (Å²) in [6.45, 7) is 5.86. The van der Waals surface area contributed by atoms with E-state index in [0.29, 0.717) is 5.95 Å². The number of nitrogens with zero attached hydrogens (tertiary/aromatic N) is 3. The summed E-state index contributed by atoms with van der Waals surface area (Å²) in [5.74, 6) is 1.41. The molecule has 23 heavy (non-hydrogen) atoms. The van der Waals surface area contributed by atoms with Crippen LogP contribution in [0.4, 0.5) is 17.5 Å². The highest BCUT2D eigenvalue weighted by molar-refractivity contribution is 6.31. The molecular weight excluding hydrogens is 310 g/mol. The van der Waals surface area contributed by atoms with Gasteiger partial charge in [-0.05, 0) is 58.6 Å². The first-order valence-corrected chi connectivity index (χ1v) is 8.10. The first-order valence-electron chi connectivity index (χ1n) is 7.72. The Morgan fingerprint density at radius 1 is 1.17 bits per heavy atom. The van der Waals surface area contributed by atoms with Crippen LogP contribution in [-0.2, 0) is 0 Å². The summed E-state index contributed by atoms with van der Waals surface area (Å²) in [7, 11) is 4.15. The number of rotatable bonds is 7. The molecule has 0 aliphatic rings. The van der Waals surface area contributed by atoms with Crippen LogP contribution in [-0.4, -0.2) is 42.1 Å². The largest absolute Gasteiger partial charge is 0.370 e. The Morgan fingerprint density at radius 2 is 1.96 bits per heavy atom. The molecule has 1 heterocycles. The number of hydrogen-bond donors (Lipinski definition) is 2. The van der Waals surface area contributed by atoms with E-state index in [1.54, 1.807) is 0 Å².